The molecule has 210 valence electrons. The zero-order chi connectivity index (χ0) is 28.8. The van der Waals surface area contributed by atoms with Crippen molar-refractivity contribution in [3.8, 4) is 32.8 Å². The number of carboxylic acids is 1. The molecule has 0 aliphatic heterocycles. The summed E-state index contributed by atoms with van der Waals surface area (Å²) in [7, 11) is 0. The Balaban J connectivity index is 1.48. The maximum Gasteiger partial charge on any atom is 0.317 e. The van der Waals surface area contributed by atoms with Crippen molar-refractivity contribution < 1.29 is 19.4 Å². The Bertz CT molecular complexity index is 1410. The molecule has 2 aromatic carbocycles. The summed E-state index contributed by atoms with van der Waals surface area (Å²) in [4.78, 5) is 31.5. The number of aromatic nitrogens is 1. The van der Waals surface area contributed by atoms with E-state index in [1.165, 1.54) is 5.56 Å². The van der Waals surface area contributed by atoms with E-state index in [4.69, 9.17) is 9.84 Å². The molecule has 9 heteroatoms. The normalized spacial score (nSPS) is 14.8. The molecule has 40 heavy (non-hydrogen) atoms. The molecule has 2 N–H and O–H groups in total. The first-order chi connectivity index (χ1) is 19.2. The lowest BCUT2D eigenvalue weighted by molar-refractivity contribution is -0.138. The summed E-state index contributed by atoms with van der Waals surface area (Å²) in [5.74, 6) is -0.230. The van der Waals surface area contributed by atoms with Gasteiger partial charge in [-0.15, -0.1) is 11.3 Å². The summed E-state index contributed by atoms with van der Waals surface area (Å²) in [6.07, 6.45) is 4.29. The number of nitrogens with zero attached hydrogens (tertiary/aromatic N) is 3. The summed E-state index contributed by atoms with van der Waals surface area (Å²) >= 11 is 1.58. The van der Waals surface area contributed by atoms with Crippen LogP contribution in [0, 0.1) is 17.2 Å². The van der Waals surface area contributed by atoms with E-state index in [0.717, 1.165) is 39.4 Å². The number of carbonyl (C=O) groups is 2. The summed E-state index contributed by atoms with van der Waals surface area (Å²) in [6, 6.07) is 13.8. The van der Waals surface area contributed by atoms with Gasteiger partial charge >= 0.3 is 12.0 Å². The molecule has 0 saturated heterocycles. The first kappa shape index (κ1) is 29.1. The van der Waals surface area contributed by atoms with Crippen LogP contribution in [0.25, 0.3) is 21.0 Å². The third kappa shape index (κ3) is 6.80. The van der Waals surface area contributed by atoms with E-state index in [9.17, 15) is 14.9 Å². The van der Waals surface area contributed by atoms with Crippen molar-refractivity contribution in [3.05, 3.63) is 59.3 Å². The maximum absolute atomic E-state index is 13.1. The Labute approximate surface area is 239 Å². The summed E-state index contributed by atoms with van der Waals surface area (Å²) in [6.45, 7) is 8.79. The van der Waals surface area contributed by atoms with E-state index in [1.54, 1.807) is 16.2 Å². The fourth-order valence-electron chi connectivity index (χ4n) is 5.09. The Morgan fingerprint density at radius 2 is 2.08 bits per heavy atom. The second-order valence-electron chi connectivity index (χ2n) is 10.5. The molecule has 1 aliphatic carbocycles. The van der Waals surface area contributed by atoms with Crippen LogP contribution in [0.15, 0.2) is 42.6 Å². The highest BCUT2D eigenvalue weighted by molar-refractivity contribution is 7.18. The van der Waals surface area contributed by atoms with Crippen LogP contribution in [0.5, 0.6) is 5.75 Å². The van der Waals surface area contributed by atoms with E-state index in [2.05, 4.69) is 28.5 Å². The highest BCUT2D eigenvalue weighted by atomic mass is 32.1. The number of benzene rings is 2. The monoisotopic (exact) mass is 560 g/mol. The fraction of sp³-hybridized carbons (Fsp3) is 0.419. The smallest absolute Gasteiger partial charge is 0.317 e. The van der Waals surface area contributed by atoms with Crippen LogP contribution in [0.3, 0.4) is 0 Å². The fourth-order valence-corrected chi connectivity index (χ4v) is 6.06. The summed E-state index contributed by atoms with van der Waals surface area (Å²) in [5, 5.41) is 22.7. The Morgan fingerprint density at radius 1 is 1.27 bits per heavy atom. The average Bonchev–Trinajstić information content (AvgIpc) is 3.56. The van der Waals surface area contributed by atoms with Crippen molar-refractivity contribution in [3.63, 3.8) is 0 Å². The zero-order valence-electron chi connectivity index (χ0n) is 23.4. The lowest BCUT2D eigenvalue weighted by Crippen LogP contribution is -2.42. The van der Waals surface area contributed by atoms with E-state index < -0.39 is 5.97 Å². The van der Waals surface area contributed by atoms with E-state index in [-0.39, 0.29) is 30.5 Å². The van der Waals surface area contributed by atoms with Gasteiger partial charge in [0, 0.05) is 31.3 Å². The molecule has 0 radical (unpaired) electrons. The van der Waals surface area contributed by atoms with E-state index in [1.807, 2.05) is 58.2 Å². The van der Waals surface area contributed by atoms with Crippen molar-refractivity contribution in [1.29, 1.82) is 5.26 Å². The first-order valence-corrected chi connectivity index (χ1v) is 14.6. The predicted molar refractivity (Wildman–Crippen MR) is 156 cm³/mol. The predicted octanol–water partition coefficient (Wildman–Crippen LogP) is 6.66. The number of thiazole rings is 1. The molecule has 0 fully saturated rings. The molecule has 4 rings (SSSR count). The molecular weight excluding hydrogens is 524 g/mol. The van der Waals surface area contributed by atoms with Crippen molar-refractivity contribution in [2.75, 3.05) is 13.1 Å². The Morgan fingerprint density at radius 3 is 2.77 bits per heavy atom. The third-order valence-electron chi connectivity index (χ3n) is 7.13. The van der Waals surface area contributed by atoms with Crippen LogP contribution >= 0.6 is 11.3 Å². The number of urea groups is 1. The number of fused-ring (bicyclic) bond motifs is 1. The SMILES string of the molecule is CCN(CCC(C)CC(=O)O)C(=O)NC1CCc2c(-c3cnc(-c4ccc(OC(C)C)c(C#N)c4)s3)cccc21. The van der Waals surface area contributed by atoms with E-state index >= 15 is 0 Å². The van der Waals surface area contributed by atoms with Gasteiger partial charge in [0.2, 0.25) is 0 Å². The minimum atomic E-state index is -0.813. The van der Waals surface area contributed by atoms with Crippen LogP contribution < -0.4 is 10.1 Å². The highest BCUT2D eigenvalue weighted by Gasteiger charge is 2.28. The number of carboxylic acid groups (broad SMARTS) is 1. The molecule has 1 heterocycles. The number of nitrogens with one attached hydrogen (secondary N) is 1. The molecule has 0 spiro atoms. The molecule has 0 saturated carbocycles. The summed E-state index contributed by atoms with van der Waals surface area (Å²) in [5.41, 5.74) is 4.82. The van der Waals surface area contributed by atoms with Crippen LogP contribution in [-0.4, -0.2) is 46.2 Å². The quantitative estimate of drug-likeness (QED) is 0.271. The standard InChI is InChI=1S/C31H36N4O4S/c1-5-35(14-13-20(4)15-29(36)37)31(38)34-26-11-10-23-24(26)7-6-8-25(23)28-18-33-30(40-28)21-9-12-27(39-19(2)3)22(16-21)17-32/h6-9,12,16,18-20,26H,5,10-11,13-15H2,1-4H3,(H,34,38)(H,36,37). The minimum Gasteiger partial charge on any atom is -0.490 e. The van der Waals surface area contributed by atoms with Gasteiger partial charge in [0.15, 0.2) is 0 Å². The molecule has 8 nitrogen and oxygen atoms in total. The number of amides is 2. The van der Waals surface area contributed by atoms with Gasteiger partial charge in [-0.3, -0.25) is 4.79 Å². The molecule has 3 aromatic rings. The van der Waals surface area contributed by atoms with Crippen LogP contribution in [-0.2, 0) is 11.2 Å². The highest BCUT2D eigenvalue weighted by Crippen LogP contribution is 2.41. The zero-order valence-corrected chi connectivity index (χ0v) is 24.3. The summed E-state index contributed by atoms with van der Waals surface area (Å²) < 4.78 is 5.76. The van der Waals surface area contributed by atoms with Crippen LogP contribution in [0.4, 0.5) is 4.79 Å². The Kier molecular flexibility index (Phi) is 9.43. The van der Waals surface area contributed by atoms with Gasteiger partial charge in [-0.2, -0.15) is 5.26 Å². The van der Waals surface area contributed by atoms with Crippen LogP contribution in [0.2, 0.25) is 0 Å². The average molecular weight is 561 g/mol. The molecule has 2 amide bonds. The van der Waals surface area contributed by atoms with Gasteiger partial charge in [-0.25, -0.2) is 9.78 Å². The lowest BCUT2D eigenvalue weighted by atomic mass is 10.0. The van der Waals surface area contributed by atoms with Crippen LogP contribution in [0.1, 0.15) is 69.7 Å². The molecule has 0 bridgehead atoms. The van der Waals surface area contributed by atoms with Gasteiger partial charge in [0.25, 0.3) is 0 Å². The largest absolute Gasteiger partial charge is 0.490 e. The molecular formula is C31H36N4O4S. The van der Waals surface area contributed by atoms with Gasteiger partial charge in [0.1, 0.15) is 16.8 Å². The number of hydrogen-bond acceptors (Lipinski definition) is 6. The van der Waals surface area contributed by atoms with Gasteiger partial charge in [-0.05, 0) is 80.8 Å². The van der Waals surface area contributed by atoms with Gasteiger partial charge in [-0.1, -0.05) is 25.1 Å². The van der Waals surface area contributed by atoms with Crippen molar-refractivity contribution in [2.24, 2.45) is 5.92 Å². The number of carbonyl (C=O) groups excluding carboxylic acids is 1. The van der Waals surface area contributed by atoms with Gasteiger partial charge in [0.05, 0.1) is 22.6 Å². The minimum absolute atomic E-state index is 0.0104. The molecule has 1 aliphatic rings. The first-order valence-electron chi connectivity index (χ1n) is 13.8. The molecule has 1 aromatic heterocycles. The number of ether oxygens (including phenoxy) is 1. The number of aliphatic carboxylic acids is 1. The third-order valence-corrected chi connectivity index (χ3v) is 8.21. The van der Waals surface area contributed by atoms with Crippen molar-refractivity contribution in [1.82, 2.24) is 15.2 Å². The number of hydrogen-bond donors (Lipinski definition) is 2. The lowest BCUT2D eigenvalue weighted by Gasteiger charge is -2.25. The Hall–Kier alpha value is -3.90. The topological polar surface area (TPSA) is 116 Å². The molecule has 2 unspecified atom stereocenters. The van der Waals surface area contributed by atoms with Crippen molar-refractivity contribution in [2.45, 2.75) is 65.5 Å². The van der Waals surface area contributed by atoms with Gasteiger partial charge < -0.3 is 20.1 Å². The number of rotatable bonds is 11. The second kappa shape index (κ2) is 13.0. The van der Waals surface area contributed by atoms with E-state index in [0.29, 0.717) is 30.8 Å². The van der Waals surface area contributed by atoms with Crippen molar-refractivity contribution >= 4 is 23.3 Å². The second-order valence-corrected chi connectivity index (χ2v) is 11.5. The number of nitriles is 1. The molecule has 2 atom stereocenters. The maximum atomic E-state index is 13.1.